The Hall–Kier alpha value is -10.4. The van der Waals surface area contributed by atoms with Crippen LogP contribution in [0.3, 0.4) is 0 Å². The fourth-order valence-electron chi connectivity index (χ4n) is 11.9. The average molecular weight is 985 g/mol. The SMILES string of the molecule is c1ccc(-c2cc(-c3cc(N(c4ccccc4)c4ccccc4)cc(N(c4ccccc4)c4ccccc4)c3)cc(-n3c4ccccc4c4c5oc6c(ccc7c6c6ccccc6n7-c6ccccc6)c5ccc43)c2)cc1. The van der Waals surface area contributed by atoms with E-state index in [1.165, 1.54) is 5.39 Å². The van der Waals surface area contributed by atoms with Gasteiger partial charge in [0.2, 0.25) is 0 Å². The number of nitrogens with zero attached hydrogens (tertiary/aromatic N) is 4. The van der Waals surface area contributed by atoms with Gasteiger partial charge in [0, 0.05) is 67.0 Å². The summed E-state index contributed by atoms with van der Waals surface area (Å²) in [5.74, 6) is 0. The van der Waals surface area contributed by atoms with Crippen molar-refractivity contribution in [1.82, 2.24) is 9.13 Å². The molecule has 77 heavy (non-hydrogen) atoms. The predicted octanol–water partition coefficient (Wildman–Crippen LogP) is 20.1. The van der Waals surface area contributed by atoms with Crippen LogP contribution in [0.1, 0.15) is 0 Å². The van der Waals surface area contributed by atoms with Crippen LogP contribution in [0.15, 0.2) is 296 Å². The van der Waals surface area contributed by atoms with Crippen molar-refractivity contribution in [2.75, 3.05) is 9.80 Å². The largest absolute Gasteiger partial charge is 0.455 e. The van der Waals surface area contributed by atoms with Gasteiger partial charge in [-0.25, -0.2) is 0 Å². The first-order chi connectivity index (χ1) is 38.2. The maximum atomic E-state index is 7.36. The Morgan fingerprint density at radius 3 is 1.05 bits per heavy atom. The zero-order chi connectivity index (χ0) is 50.8. The summed E-state index contributed by atoms with van der Waals surface area (Å²) in [6.07, 6.45) is 0. The molecule has 3 aromatic heterocycles. The van der Waals surface area contributed by atoms with Gasteiger partial charge in [0.05, 0.1) is 32.8 Å². The van der Waals surface area contributed by atoms with Crippen molar-refractivity contribution >= 4 is 99.7 Å². The van der Waals surface area contributed by atoms with E-state index in [1.807, 2.05) is 0 Å². The number of furan rings is 1. The van der Waals surface area contributed by atoms with Crippen LogP contribution in [0.5, 0.6) is 0 Å². The van der Waals surface area contributed by atoms with Gasteiger partial charge in [-0.1, -0.05) is 158 Å². The number of para-hydroxylation sites is 7. The van der Waals surface area contributed by atoms with Gasteiger partial charge in [0.25, 0.3) is 0 Å². The molecule has 0 saturated heterocycles. The molecule has 0 atom stereocenters. The van der Waals surface area contributed by atoms with E-state index in [0.717, 1.165) is 128 Å². The zero-order valence-corrected chi connectivity index (χ0v) is 41.9. The minimum Gasteiger partial charge on any atom is -0.455 e. The summed E-state index contributed by atoms with van der Waals surface area (Å²) >= 11 is 0. The van der Waals surface area contributed by atoms with Gasteiger partial charge in [-0.3, -0.25) is 0 Å². The second-order valence-corrected chi connectivity index (χ2v) is 19.7. The fourth-order valence-corrected chi connectivity index (χ4v) is 11.9. The summed E-state index contributed by atoms with van der Waals surface area (Å²) < 4.78 is 12.2. The normalized spacial score (nSPS) is 11.6. The topological polar surface area (TPSA) is 29.5 Å². The molecule has 0 bridgehead atoms. The Bertz CT molecular complexity index is 4480. The molecule has 0 N–H and O–H groups in total. The third-order valence-corrected chi connectivity index (χ3v) is 15.2. The summed E-state index contributed by atoms with van der Waals surface area (Å²) in [5.41, 5.74) is 19.1. The highest BCUT2D eigenvalue weighted by molar-refractivity contribution is 6.29. The summed E-state index contributed by atoms with van der Waals surface area (Å²) in [7, 11) is 0. The van der Waals surface area contributed by atoms with Crippen molar-refractivity contribution in [3.8, 4) is 33.6 Å². The van der Waals surface area contributed by atoms with Crippen LogP contribution in [0.25, 0.3) is 99.2 Å². The first-order valence-electron chi connectivity index (χ1n) is 26.2. The minimum atomic E-state index is 0.886. The van der Waals surface area contributed by atoms with Crippen molar-refractivity contribution in [3.63, 3.8) is 0 Å². The van der Waals surface area contributed by atoms with E-state index < -0.39 is 0 Å². The van der Waals surface area contributed by atoms with Gasteiger partial charge in [-0.05, 0) is 156 Å². The zero-order valence-electron chi connectivity index (χ0n) is 41.9. The molecule has 0 amide bonds. The van der Waals surface area contributed by atoms with Crippen molar-refractivity contribution in [2.45, 2.75) is 0 Å². The van der Waals surface area contributed by atoms with E-state index in [9.17, 15) is 0 Å². The van der Waals surface area contributed by atoms with Crippen molar-refractivity contribution < 1.29 is 4.42 Å². The first-order valence-corrected chi connectivity index (χ1v) is 26.2. The lowest BCUT2D eigenvalue weighted by Crippen LogP contribution is -2.13. The molecule has 15 aromatic rings. The van der Waals surface area contributed by atoms with Gasteiger partial charge in [-0.15, -0.1) is 0 Å². The van der Waals surface area contributed by atoms with Crippen LogP contribution in [0.4, 0.5) is 34.1 Å². The first kappa shape index (κ1) is 44.2. The number of fused-ring (bicyclic) bond motifs is 11. The average Bonchev–Trinajstić information content (AvgIpc) is 4.33. The monoisotopic (exact) mass is 984 g/mol. The second kappa shape index (κ2) is 18.2. The molecule has 12 aromatic carbocycles. The van der Waals surface area contributed by atoms with E-state index in [-0.39, 0.29) is 0 Å². The Labute approximate surface area is 445 Å². The van der Waals surface area contributed by atoms with Crippen LogP contribution in [-0.2, 0) is 0 Å². The standard InChI is InChI=1S/C72H48N4O/c1-7-23-49(24-8-1)50-43-51(52-46-59(73(53-25-9-2-10-26-53)54-27-11-3-12-28-54)48-60(47-52)74(55-29-13-4-14-30-55)56-31-15-5-16-32-56)45-58(44-50)76-66-38-22-20-36-64(66)70-68(76)42-40-62-61-39-41-67-69(71(61)77-72(62)70)63-35-19-21-37-65(63)75(67)57-33-17-6-18-34-57/h1-48H. The molecule has 5 heteroatoms. The highest BCUT2D eigenvalue weighted by Gasteiger charge is 2.24. The van der Waals surface area contributed by atoms with Gasteiger partial charge in [0.1, 0.15) is 11.2 Å². The highest BCUT2D eigenvalue weighted by Crippen LogP contribution is 2.47. The molecule has 0 aliphatic heterocycles. The summed E-state index contributed by atoms with van der Waals surface area (Å²) in [6, 6.07) is 105. The highest BCUT2D eigenvalue weighted by atomic mass is 16.3. The Balaban J connectivity index is 0.994. The molecule has 0 unspecified atom stereocenters. The maximum Gasteiger partial charge on any atom is 0.145 e. The number of hydrogen-bond donors (Lipinski definition) is 0. The Morgan fingerprint density at radius 2 is 0.597 bits per heavy atom. The molecular weight excluding hydrogens is 937 g/mol. The lowest BCUT2D eigenvalue weighted by atomic mass is 9.96. The van der Waals surface area contributed by atoms with Gasteiger partial charge < -0.3 is 23.4 Å². The predicted molar refractivity (Wildman–Crippen MR) is 323 cm³/mol. The van der Waals surface area contributed by atoms with Crippen LogP contribution >= 0.6 is 0 Å². The van der Waals surface area contributed by atoms with Crippen molar-refractivity contribution in [3.05, 3.63) is 291 Å². The Kier molecular flexibility index (Phi) is 10.5. The number of aromatic nitrogens is 2. The van der Waals surface area contributed by atoms with Gasteiger partial charge in [-0.2, -0.15) is 0 Å². The second-order valence-electron chi connectivity index (χ2n) is 19.7. The van der Waals surface area contributed by atoms with E-state index >= 15 is 0 Å². The van der Waals surface area contributed by atoms with Crippen molar-refractivity contribution in [2.24, 2.45) is 0 Å². The van der Waals surface area contributed by atoms with E-state index in [0.29, 0.717) is 0 Å². The van der Waals surface area contributed by atoms with E-state index in [4.69, 9.17) is 4.42 Å². The molecule has 0 fully saturated rings. The maximum absolute atomic E-state index is 7.36. The lowest BCUT2D eigenvalue weighted by molar-refractivity contribution is 0.677. The van der Waals surface area contributed by atoms with Crippen LogP contribution in [0.2, 0.25) is 0 Å². The quantitative estimate of drug-likeness (QED) is 0.137. The molecule has 0 spiro atoms. The van der Waals surface area contributed by atoms with E-state index in [1.54, 1.807) is 0 Å². The molecule has 0 saturated carbocycles. The molecule has 0 aliphatic rings. The molecule has 0 aliphatic carbocycles. The molecule has 362 valence electrons. The fraction of sp³-hybridized carbons (Fsp3) is 0. The molecule has 0 radical (unpaired) electrons. The number of anilines is 6. The summed E-state index contributed by atoms with van der Waals surface area (Å²) in [6.45, 7) is 0. The van der Waals surface area contributed by atoms with Crippen molar-refractivity contribution in [1.29, 1.82) is 0 Å². The number of benzene rings is 12. The van der Waals surface area contributed by atoms with Gasteiger partial charge in [0.15, 0.2) is 0 Å². The number of hydrogen-bond acceptors (Lipinski definition) is 3. The molecule has 3 heterocycles. The van der Waals surface area contributed by atoms with E-state index in [2.05, 4.69) is 310 Å². The van der Waals surface area contributed by atoms with Gasteiger partial charge >= 0.3 is 0 Å². The summed E-state index contributed by atoms with van der Waals surface area (Å²) in [5, 5.41) is 6.71. The lowest BCUT2D eigenvalue weighted by Gasteiger charge is -2.30. The third kappa shape index (κ3) is 7.39. The van der Waals surface area contributed by atoms with Crippen LogP contribution < -0.4 is 9.80 Å². The summed E-state index contributed by atoms with van der Waals surface area (Å²) in [4.78, 5) is 4.73. The van der Waals surface area contributed by atoms with Crippen LogP contribution in [0, 0.1) is 0 Å². The third-order valence-electron chi connectivity index (χ3n) is 15.2. The number of rotatable bonds is 10. The smallest absolute Gasteiger partial charge is 0.145 e. The molecule has 15 rings (SSSR count). The molecular formula is C72H48N4O. The minimum absolute atomic E-state index is 0.886. The molecule has 5 nitrogen and oxygen atoms in total. The Morgan fingerprint density at radius 1 is 0.234 bits per heavy atom. The van der Waals surface area contributed by atoms with Crippen LogP contribution in [-0.4, -0.2) is 9.13 Å².